The zero-order chi connectivity index (χ0) is 14.2. The highest BCUT2D eigenvalue weighted by Crippen LogP contribution is 2.27. The standard InChI is InChI=1S/C12H9ClN2O4/c1-7-9(12(16)17)4-5-14(7)11-3-2-8(15(18)19)6-10(11)13/h2-6H,1H3,(H,16,17). The molecular weight excluding hydrogens is 272 g/mol. The molecule has 2 rings (SSSR count). The van der Waals surface area contributed by atoms with Crippen molar-refractivity contribution in [2.75, 3.05) is 0 Å². The highest BCUT2D eigenvalue weighted by Gasteiger charge is 2.15. The predicted molar refractivity (Wildman–Crippen MR) is 69.1 cm³/mol. The van der Waals surface area contributed by atoms with E-state index in [0.29, 0.717) is 11.4 Å². The Morgan fingerprint density at radius 1 is 1.42 bits per heavy atom. The summed E-state index contributed by atoms with van der Waals surface area (Å²) in [5.74, 6) is -1.03. The smallest absolute Gasteiger partial charge is 0.337 e. The van der Waals surface area contributed by atoms with Crippen LogP contribution in [0.4, 0.5) is 5.69 Å². The molecule has 1 aromatic heterocycles. The van der Waals surface area contributed by atoms with Gasteiger partial charge in [0.1, 0.15) is 0 Å². The summed E-state index contributed by atoms with van der Waals surface area (Å²) < 4.78 is 1.58. The summed E-state index contributed by atoms with van der Waals surface area (Å²) in [6.45, 7) is 1.64. The fourth-order valence-corrected chi connectivity index (χ4v) is 2.07. The molecule has 0 unspecified atom stereocenters. The van der Waals surface area contributed by atoms with E-state index in [1.165, 1.54) is 24.3 Å². The van der Waals surface area contributed by atoms with Crippen molar-refractivity contribution < 1.29 is 14.8 Å². The monoisotopic (exact) mass is 280 g/mol. The van der Waals surface area contributed by atoms with E-state index < -0.39 is 10.9 Å². The number of rotatable bonds is 3. The number of halogens is 1. The van der Waals surface area contributed by atoms with E-state index in [2.05, 4.69) is 0 Å². The van der Waals surface area contributed by atoms with Crippen molar-refractivity contribution in [1.82, 2.24) is 4.57 Å². The Bertz CT molecular complexity index is 678. The van der Waals surface area contributed by atoms with E-state index in [0.717, 1.165) is 0 Å². The summed E-state index contributed by atoms with van der Waals surface area (Å²) in [5, 5.41) is 19.8. The molecule has 98 valence electrons. The number of carboxylic acid groups (broad SMARTS) is 1. The first-order chi connectivity index (χ1) is 8.91. The number of benzene rings is 1. The lowest BCUT2D eigenvalue weighted by molar-refractivity contribution is -0.384. The van der Waals surface area contributed by atoms with Gasteiger partial charge < -0.3 is 9.67 Å². The Hall–Kier alpha value is -2.34. The Labute approximate surface area is 113 Å². The van der Waals surface area contributed by atoms with Gasteiger partial charge in [0.2, 0.25) is 0 Å². The second-order valence-corrected chi connectivity index (χ2v) is 4.29. The number of aromatic nitrogens is 1. The van der Waals surface area contributed by atoms with Crippen LogP contribution in [0.25, 0.3) is 5.69 Å². The van der Waals surface area contributed by atoms with E-state index in [1.54, 1.807) is 17.7 Å². The van der Waals surface area contributed by atoms with Gasteiger partial charge >= 0.3 is 5.97 Å². The summed E-state index contributed by atoms with van der Waals surface area (Å²) in [6.07, 6.45) is 1.56. The van der Waals surface area contributed by atoms with Crippen LogP contribution in [0.2, 0.25) is 5.02 Å². The summed E-state index contributed by atoms with van der Waals surface area (Å²) >= 11 is 6.00. The molecule has 0 saturated heterocycles. The number of hydrogen-bond donors (Lipinski definition) is 1. The van der Waals surface area contributed by atoms with Crippen molar-refractivity contribution >= 4 is 23.3 Å². The number of nitro groups is 1. The number of carbonyl (C=O) groups is 1. The second kappa shape index (κ2) is 4.74. The third-order valence-electron chi connectivity index (χ3n) is 2.77. The van der Waals surface area contributed by atoms with Crippen LogP contribution in [0.1, 0.15) is 16.1 Å². The Morgan fingerprint density at radius 2 is 2.11 bits per heavy atom. The van der Waals surface area contributed by atoms with Crippen LogP contribution in [0.3, 0.4) is 0 Å². The van der Waals surface area contributed by atoms with Gasteiger partial charge in [-0.25, -0.2) is 4.79 Å². The largest absolute Gasteiger partial charge is 0.478 e. The maximum absolute atomic E-state index is 11.0. The van der Waals surface area contributed by atoms with Gasteiger partial charge in [-0.15, -0.1) is 0 Å². The average molecular weight is 281 g/mol. The van der Waals surface area contributed by atoms with Crippen LogP contribution in [0.15, 0.2) is 30.5 Å². The van der Waals surface area contributed by atoms with E-state index in [1.807, 2.05) is 0 Å². The Balaban J connectivity index is 2.54. The van der Waals surface area contributed by atoms with Gasteiger partial charge in [0, 0.05) is 24.0 Å². The van der Waals surface area contributed by atoms with Crippen molar-refractivity contribution in [2.45, 2.75) is 6.92 Å². The average Bonchev–Trinajstić information content (AvgIpc) is 2.71. The van der Waals surface area contributed by atoms with Crippen molar-refractivity contribution in [2.24, 2.45) is 0 Å². The topological polar surface area (TPSA) is 85.4 Å². The molecule has 0 atom stereocenters. The number of non-ortho nitro benzene ring substituents is 1. The molecule has 0 bridgehead atoms. The SMILES string of the molecule is Cc1c(C(=O)O)ccn1-c1ccc([N+](=O)[O-])cc1Cl. The van der Waals surface area contributed by atoms with Crippen LogP contribution in [-0.2, 0) is 0 Å². The van der Waals surface area contributed by atoms with Gasteiger partial charge in [-0.05, 0) is 19.1 Å². The van der Waals surface area contributed by atoms with Gasteiger partial charge in [0.05, 0.1) is 21.2 Å². The van der Waals surface area contributed by atoms with E-state index in [4.69, 9.17) is 16.7 Å². The minimum Gasteiger partial charge on any atom is -0.478 e. The normalized spacial score (nSPS) is 10.4. The number of nitrogens with zero attached hydrogens (tertiary/aromatic N) is 2. The van der Waals surface area contributed by atoms with Gasteiger partial charge in [0.15, 0.2) is 0 Å². The summed E-state index contributed by atoms with van der Waals surface area (Å²) in [4.78, 5) is 21.0. The quantitative estimate of drug-likeness (QED) is 0.691. The van der Waals surface area contributed by atoms with Crippen molar-refractivity contribution in [3.8, 4) is 5.69 Å². The maximum Gasteiger partial charge on any atom is 0.337 e. The maximum atomic E-state index is 11.0. The summed E-state index contributed by atoms with van der Waals surface area (Å²) in [6, 6.07) is 5.49. The van der Waals surface area contributed by atoms with Gasteiger partial charge in [0.25, 0.3) is 5.69 Å². The molecule has 2 aromatic rings. The first-order valence-electron chi connectivity index (χ1n) is 5.27. The molecular formula is C12H9ClN2O4. The number of nitro benzene ring substituents is 1. The van der Waals surface area contributed by atoms with Gasteiger partial charge in [-0.3, -0.25) is 10.1 Å². The number of carboxylic acids is 1. The second-order valence-electron chi connectivity index (χ2n) is 3.88. The molecule has 0 aliphatic carbocycles. The lowest BCUT2D eigenvalue weighted by atomic mass is 10.2. The van der Waals surface area contributed by atoms with Gasteiger partial charge in [-0.1, -0.05) is 11.6 Å². The van der Waals surface area contributed by atoms with Crippen molar-refractivity contribution in [1.29, 1.82) is 0 Å². The molecule has 0 aliphatic heterocycles. The molecule has 0 aliphatic rings. The zero-order valence-electron chi connectivity index (χ0n) is 9.83. The highest BCUT2D eigenvalue weighted by molar-refractivity contribution is 6.32. The van der Waals surface area contributed by atoms with E-state index in [9.17, 15) is 14.9 Å². The zero-order valence-corrected chi connectivity index (χ0v) is 10.6. The molecule has 0 spiro atoms. The fraction of sp³-hybridized carbons (Fsp3) is 0.0833. The molecule has 19 heavy (non-hydrogen) atoms. The lowest BCUT2D eigenvalue weighted by Crippen LogP contribution is -2.02. The molecule has 1 heterocycles. The van der Waals surface area contributed by atoms with E-state index >= 15 is 0 Å². The van der Waals surface area contributed by atoms with Crippen LogP contribution >= 0.6 is 11.6 Å². The van der Waals surface area contributed by atoms with Crippen molar-refractivity contribution in [3.63, 3.8) is 0 Å². The van der Waals surface area contributed by atoms with Crippen LogP contribution in [0, 0.1) is 17.0 Å². The van der Waals surface area contributed by atoms with E-state index in [-0.39, 0.29) is 16.3 Å². The Morgan fingerprint density at radius 3 is 2.58 bits per heavy atom. The predicted octanol–water partition coefficient (Wildman–Crippen LogP) is 3.05. The summed E-state index contributed by atoms with van der Waals surface area (Å²) in [5.41, 5.74) is 1.05. The third kappa shape index (κ3) is 2.30. The third-order valence-corrected chi connectivity index (χ3v) is 3.08. The highest BCUT2D eigenvalue weighted by atomic mass is 35.5. The fourth-order valence-electron chi connectivity index (χ4n) is 1.80. The molecule has 6 nitrogen and oxygen atoms in total. The minimum atomic E-state index is -1.03. The molecule has 0 saturated carbocycles. The molecule has 0 fully saturated rings. The number of hydrogen-bond acceptors (Lipinski definition) is 3. The molecule has 1 aromatic carbocycles. The minimum absolute atomic E-state index is 0.114. The Kier molecular flexibility index (Phi) is 3.26. The number of aromatic carboxylic acids is 1. The molecule has 0 radical (unpaired) electrons. The first kappa shape index (κ1) is 13.1. The first-order valence-corrected chi connectivity index (χ1v) is 5.65. The van der Waals surface area contributed by atoms with Crippen LogP contribution < -0.4 is 0 Å². The summed E-state index contributed by atoms with van der Waals surface area (Å²) in [7, 11) is 0. The van der Waals surface area contributed by atoms with Crippen LogP contribution in [0.5, 0.6) is 0 Å². The molecule has 0 amide bonds. The lowest BCUT2D eigenvalue weighted by Gasteiger charge is -2.08. The van der Waals surface area contributed by atoms with Crippen LogP contribution in [-0.4, -0.2) is 20.6 Å². The molecule has 1 N–H and O–H groups in total. The molecule has 7 heteroatoms. The van der Waals surface area contributed by atoms with Crippen molar-refractivity contribution in [3.05, 3.63) is 56.9 Å². The van der Waals surface area contributed by atoms with Gasteiger partial charge in [-0.2, -0.15) is 0 Å².